The van der Waals surface area contributed by atoms with Crippen molar-refractivity contribution in [2.45, 2.75) is 0 Å². The summed E-state index contributed by atoms with van der Waals surface area (Å²) in [5, 5.41) is 16.7. The second-order valence-electron chi connectivity index (χ2n) is 0.250. The zero-order chi connectivity index (χ0) is 3.58. The summed E-state index contributed by atoms with van der Waals surface area (Å²) >= 11 is 0. The first-order valence-electron chi connectivity index (χ1n) is 0.612. The zero-order valence-electron chi connectivity index (χ0n) is 4.70. The SMILES string of the molecule is O=C([O-])[O-].[Mg+2].[Mg+2].[Mg+2].[O-2].[OH-]. The number of carbonyl (C=O) groups excluding carboxylic acids is 1. The molecule has 0 aromatic carbocycles. The van der Waals surface area contributed by atoms with E-state index in [1.165, 1.54) is 0 Å². The molecule has 0 aliphatic carbocycles. The van der Waals surface area contributed by atoms with E-state index in [4.69, 9.17) is 15.0 Å². The summed E-state index contributed by atoms with van der Waals surface area (Å²) < 4.78 is 0. The number of carboxylic acid groups (broad SMARTS) is 2. The molecule has 0 heterocycles. The van der Waals surface area contributed by atoms with Crippen molar-refractivity contribution in [2.75, 3.05) is 0 Å². The molecule has 8 heteroatoms. The van der Waals surface area contributed by atoms with Crippen molar-refractivity contribution in [2.24, 2.45) is 0 Å². The van der Waals surface area contributed by atoms with Gasteiger partial charge in [-0.15, -0.1) is 0 Å². The molecule has 9 heavy (non-hydrogen) atoms. The summed E-state index contributed by atoms with van der Waals surface area (Å²) in [6, 6.07) is 0. The van der Waals surface area contributed by atoms with Crippen molar-refractivity contribution in [1.29, 1.82) is 0 Å². The van der Waals surface area contributed by atoms with E-state index in [1.54, 1.807) is 0 Å². The molecular weight excluding hydrogens is 165 g/mol. The van der Waals surface area contributed by atoms with Gasteiger partial charge in [0.2, 0.25) is 0 Å². The summed E-state index contributed by atoms with van der Waals surface area (Å²) in [6.07, 6.45) is -2.33. The quantitative estimate of drug-likeness (QED) is 0.341. The van der Waals surface area contributed by atoms with Crippen LogP contribution in [0.3, 0.4) is 0 Å². The van der Waals surface area contributed by atoms with E-state index >= 15 is 0 Å². The molecule has 0 atom stereocenters. The maximum absolute atomic E-state index is 8.33. The number of rotatable bonds is 0. The topological polar surface area (TPSA) is 122 Å². The van der Waals surface area contributed by atoms with Crippen molar-refractivity contribution in [3.05, 3.63) is 0 Å². The minimum Gasteiger partial charge on any atom is -2.00 e. The Bertz CT molecular complexity index is 35.2. The standard InChI is InChI=1S/CH2O3.3Mg.H2O.O/c2-1(3)4;;;;;/h(H2,2,3,4);;;;1H2;/q;3*+2;;-2/p-3. The number of hydrogen-bond acceptors (Lipinski definition) is 4. The van der Waals surface area contributed by atoms with E-state index < -0.39 is 6.16 Å². The van der Waals surface area contributed by atoms with Gasteiger partial charge in [-0.05, 0) is 6.16 Å². The molecule has 0 aromatic rings. The predicted octanol–water partition coefficient (Wildman–Crippen LogP) is -3.88. The molecule has 0 saturated carbocycles. The monoisotopic (exact) mass is 165 g/mol. The van der Waals surface area contributed by atoms with E-state index in [2.05, 4.69) is 0 Å². The Morgan fingerprint density at radius 1 is 1.00 bits per heavy atom. The molecule has 0 unspecified atom stereocenters. The minimum atomic E-state index is -2.33. The third-order valence-corrected chi connectivity index (χ3v) is 0. The summed E-state index contributed by atoms with van der Waals surface area (Å²) in [6.45, 7) is 0. The third kappa shape index (κ3) is 240. The van der Waals surface area contributed by atoms with Gasteiger partial charge in [0.05, 0.1) is 0 Å². The maximum Gasteiger partial charge on any atom is 2.00 e. The van der Waals surface area contributed by atoms with Crippen LogP contribution in [-0.4, -0.2) is 80.8 Å². The predicted molar refractivity (Wildman–Crippen MR) is 25.3 cm³/mol. The van der Waals surface area contributed by atoms with Crippen LogP contribution < -0.4 is 10.2 Å². The van der Waals surface area contributed by atoms with Crippen LogP contribution in [0, 0.1) is 0 Å². The fourth-order valence-corrected chi connectivity index (χ4v) is 0. The van der Waals surface area contributed by atoms with Crippen molar-refractivity contribution in [3.8, 4) is 0 Å². The molecule has 0 radical (unpaired) electrons. The molecule has 0 aromatic heterocycles. The van der Waals surface area contributed by atoms with Crippen molar-refractivity contribution >= 4 is 75.3 Å². The summed E-state index contributed by atoms with van der Waals surface area (Å²) in [5.74, 6) is 0. The fraction of sp³-hybridized carbons (Fsp3) is 0. The Kier molecular flexibility index (Phi) is 177. The average molecular weight is 166 g/mol. The van der Waals surface area contributed by atoms with Crippen LogP contribution >= 0.6 is 0 Å². The van der Waals surface area contributed by atoms with E-state index in [0.29, 0.717) is 0 Å². The molecule has 0 aliphatic heterocycles. The van der Waals surface area contributed by atoms with E-state index in [0.717, 1.165) is 0 Å². The van der Waals surface area contributed by atoms with E-state index in [1.807, 2.05) is 0 Å². The molecule has 0 bridgehead atoms. The van der Waals surface area contributed by atoms with Crippen LogP contribution in [0.2, 0.25) is 0 Å². The van der Waals surface area contributed by atoms with Crippen molar-refractivity contribution in [3.63, 3.8) is 0 Å². The third-order valence-electron chi connectivity index (χ3n) is 0. The Hall–Kier alpha value is 1.49. The second kappa shape index (κ2) is 33.9. The molecule has 0 spiro atoms. The average Bonchev–Trinajstić information content (AvgIpc) is 0.811. The summed E-state index contributed by atoms with van der Waals surface area (Å²) in [7, 11) is 0. The van der Waals surface area contributed by atoms with Crippen LogP contribution in [-0.2, 0) is 5.48 Å². The normalized spacial score (nSPS) is 2.67. The van der Waals surface area contributed by atoms with Gasteiger partial charge in [-0.1, -0.05) is 0 Å². The van der Waals surface area contributed by atoms with Gasteiger partial charge in [-0.3, -0.25) is 0 Å². The smallest absolute Gasteiger partial charge is 2.00 e. The summed E-state index contributed by atoms with van der Waals surface area (Å²) in [4.78, 5) is 8.33. The van der Waals surface area contributed by atoms with Crippen LogP contribution in [0.4, 0.5) is 4.79 Å². The van der Waals surface area contributed by atoms with Crippen LogP contribution in [0.5, 0.6) is 0 Å². The Balaban J connectivity index is -0.00000000450. The first kappa shape index (κ1) is 46.9. The minimum absolute atomic E-state index is 0. The fourth-order valence-electron chi connectivity index (χ4n) is 0. The molecule has 5 nitrogen and oxygen atoms in total. The zero-order valence-corrected chi connectivity index (χ0v) is 8.94. The van der Waals surface area contributed by atoms with Crippen LogP contribution in [0.25, 0.3) is 0 Å². The van der Waals surface area contributed by atoms with Gasteiger partial charge < -0.3 is 26.0 Å². The van der Waals surface area contributed by atoms with Crippen LogP contribution in [0.1, 0.15) is 0 Å². The molecule has 0 amide bonds. The van der Waals surface area contributed by atoms with Crippen LogP contribution in [0.15, 0.2) is 0 Å². The second-order valence-corrected chi connectivity index (χ2v) is 0.250. The molecule has 1 N–H and O–H groups in total. The molecule has 0 saturated heterocycles. The van der Waals surface area contributed by atoms with Gasteiger partial charge in [-0.2, -0.15) is 0 Å². The van der Waals surface area contributed by atoms with Gasteiger partial charge >= 0.3 is 69.2 Å². The molecule has 40 valence electrons. The molecule has 0 aliphatic rings. The largest absolute Gasteiger partial charge is 2.00 e. The molecule has 0 rings (SSSR count). The first-order chi connectivity index (χ1) is 1.73. The number of hydrogen-bond donors (Lipinski definition) is 0. The Morgan fingerprint density at radius 2 is 1.00 bits per heavy atom. The van der Waals surface area contributed by atoms with Crippen molar-refractivity contribution < 1.29 is 26.0 Å². The maximum atomic E-state index is 8.33. The summed E-state index contributed by atoms with van der Waals surface area (Å²) in [5.41, 5.74) is 0. The van der Waals surface area contributed by atoms with Gasteiger partial charge in [0.15, 0.2) is 0 Å². The van der Waals surface area contributed by atoms with E-state index in [-0.39, 0.29) is 80.1 Å². The van der Waals surface area contributed by atoms with Gasteiger partial charge in [0.1, 0.15) is 0 Å². The van der Waals surface area contributed by atoms with Gasteiger partial charge in [-0.25, -0.2) is 0 Å². The first-order valence-corrected chi connectivity index (χ1v) is 0.612. The Morgan fingerprint density at radius 3 is 1.00 bits per heavy atom. The molecular formula is CHMg3O5+. The number of carbonyl (C=O) groups is 1. The van der Waals surface area contributed by atoms with Gasteiger partial charge in [0.25, 0.3) is 0 Å². The Labute approximate surface area is 100 Å². The van der Waals surface area contributed by atoms with Gasteiger partial charge in [0, 0.05) is 0 Å². The van der Waals surface area contributed by atoms with E-state index in [9.17, 15) is 0 Å². The van der Waals surface area contributed by atoms with Crippen molar-refractivity contribution in [1.82, 2.24) is 0 Å². The molecule has 0 fully saturated rings.